The van der Waals surface area contributed by atoms with E-state index in [1.54, 1.807) is 0 Å². The molecule has 1 saturated carbocycles. The van der Waals surface area contributed by atoms with Gasteiger partial charge in [-0.05, 0) is 24.5 Å². The first-order valence-corrected chi connectivity index (χ1v) is 5.80. The third-order valence-electron chi connectivity index (χ3n) is 3.36. The van der Waals surface area contributed by atoms with Gasteiger partial charge in [0.05, 0.1) is 11.7 Å². The first kappa shape index (κ1) is 11.5. The van der Waals surface area contributed by atoms with Crippen molar-refractivity contribution in [1.82, 2.24) is 0 Å². The van der Waals surface area contributed by atoms with Gasteiger partial charge in [0.25, 0.3) is 0 Å². The van der Waals surface area contributed by atoms with Crippen LogP contribution >= 0.6 is 0 Å². The molecule has 16 heavy (non-hydrogen) atoms. The summed E-state index contributed by atoms with van der Waals surface area (Å²) in [5, 5.41) is 9.86. The summed E-state index contributed by atoms with van der Waals surface area (Å²) in [5.74, 6) is -0.884. The summed E-state index contributed by atoms with van der Waals surface area (Å²) < 4.78 is 26.7. The van der Waals surface area contributed by atoms with Gasteiger partial charge in [0.15, 0.2) is 0 Å². The van der Waals surface area contributed by atoms with Crippen molar-refractivity contribution in [2.75, 3.05) is 0 Å². The van der Waals surface area contributed by atoms with Crippen LogP contribution in [0.5, 0.6) is 0 Å². The lowest BCUT2D eigenvalue weighted by Crippen LogP contribution is -2.08. The molecule has 1 atom stereocenters. The Labute approximate surface area is 94.1 Å². The van der Waals surface area contributed by atoms with E-state index in [-0.39, 0.29) is 5.56 Å². The second-order valence-electron chi connectivity index (χ2n) is 4.54. The van der Waals surface area contributed by atoms with Crippen molar-refractivity contribution < 1.29 is 13.9 Å². The Kier molecular flexibility index (Phi) is 3.54. The third-order valence-corrected chi connectivity index (χ3v) is 3.36. The molecule has 0 bridgehead atoms. The number of aliphatic hydroxyl groups is 1. The zero-order valence-corrected chi connectivity index (χ0v) is 9.13. The molecule has 0 amide bonds. The van der Waals surface area contributed by atoms with Crippen LogP contribution in [0.2, 0.25) is 0 Å². The molecule has 1 aliphatic carbocycles. The van der Waals surface area contributed by atoms with Crippen LogP contribution < -0.4 is 0 Å². The molecule has 0 aromatic heterocycles. The van der Waals surface area contributed by atoms with E-state index < -0.39 is 17.7 Å². The maximum absolute atomic E-state index is 13.4. The summed E-state index contributed by atoms with van der Waals surface area (Å²) in [6.07, 6.45) is 3.91. The molecule has 1 unspecified atom stereocenters. The minimum atomic E-state index is -1.01. The van der Waals surface area contributed by atoms with Crippen LogP contribution in [-0.2, 0) is 0 Å². The minimum absolute atomic E-state index is 0.172. The van der Waals surface area contributed by atoms with Crippen LogP contribution in [0.15, 0.2) is 18.2 Å². The molecule has 0 spiro atoms. The number of rotatable bonds is 3. The van der Waals surface area contributed by atoms with E-state index in [4.69, 9.17) is 0 Å². The Balaban J connectivity index is 2.10. The first-order valence-electron chi connectivity index (χ1n) is 5.80. The van der Waals surface area contributed by atoms with E-state index in [0.29, 0.717) is 12.3 Å². The van der Waals surface area contributed by atoms with Gasteiger partial charge in [0.1, 0.15) is 11.6 Å². The Hall–Kier alpha value is -0.960. The SMILES string of the molecule is OC(CC1CCCC1)c1c(F)cccc1F. The lowest BCUT2D eigenvalue weighted by molar-refractivity contribution is 0.136. The molecule has 1 N–H and O–H groups in total. The summed E-state index contributed by atoms with van der Waals surface area (Å²) in [6, 6.07) is 3.70. The predicted molar refractivity (Wildman–Crippen MR) is 57.9 cm³/mol. The first-order chi connectivity index (χ1) is 7.68. The van der Waals surface area contributed by atoms with Crippen molar-refractivity contribution in [1.29, 1.82) is 0 Å². The van der Waals surface area contributed by atoms with Gasteiger partial charge in [-0.2, -0.15) is 0 Å². The van der Waals surface area contributed by atoms with Crippen molar-refractivity contribution in [3.8, 4) is 0 Å². The Morgan fingerprint density at radius 3 is 2.31 bits per heavy atom. The average molecular weight is 226 g/mol. The van der Waals surface area contributed by atoms with Crippen LogP contribution in [0.4, 0.5) is 8.78 Å². The average Bonchev–Trinajstić information content (AvgIpc) is 2.70. The minimum Gasteiger partial charge on any atom is -0.388 e. The quantitative estimate of drug-likeness (QED) is 0.835. The molecule has 0 radical (unpaired) electrons. The van der Waals surface area contributed by atoms with Crippen molar-refractivity contribution in [3.63, 3.8) is 0 Å². The molecule has 0 heterocycles. The second kappa shape index (κ2) is 4.91. The summed E-state index contributed by atoms with van der Waals surface area (Å²) in [6.45, 7) is 0. The van der Waals surface area contributed by atoms with Crippen LogP contribution in [0.25, 0.3) is 0 Å². The number of aliphatic hydroxyl groups excluding tert-OH is 1. The smallest absolute Gasteiger partial charge is 0.131 e. The highest BCUT2D eigenvalue weighted by Crippen LogP contribution is 2.34. The van der Waals surface area contributed by atoms with Crippen LogP contribution in [0, 0.1) is 17.6 Å². The molecule has 0 aliphatic heterocycles. The maximum Gasteiger partial charge on any atom is 0.131 e. The largest absolute Gasteiger partial charge is 0.388 e. The van der Waals surface area contributed by atoms with E-state index in [1.165, 1.54) is 18.2 Å². The number of benzene rings is 1. The molecule has 1 fully saturated rings. The Morgan fingerprint density at radius 2 is 1.75 bits per heavy atom. The fraction of sp³-hybridized carbons (Fsp3) is 0.538. The molecule has 3 heteroatoms. The predicted octanol–water partition coefficient (Wildman–Crippen LogP) is 3.58. The van der Waals surface area contributed by atoms with E-state index in [9.17, 15) is 13.9 Å². The molecular weight excluding hydrogens is 210 g/mol. The van der Waals surface area contributed by atoms with Crippen LogP contribution in [0.1, 0.15) is 43.8 Å². The zero-order valence-electron chi connectivity index (χ0n) is 9.13. The molecule has 1 aromatic rings. The highest BCUT2D eigenvalue weighted by molar-refractivity contribution is 5.22. The molecule has 2 rings (SSSR count). The van der Waals surface area contributed by atoms with Gasteiger partial charge in [-0.3, -0.25) is 0 Å². The standard InChI is InChI=1S/C13H16F2O/c14-10-6-3-7-11(15)13(10)12(16)8-9-4-1-2-5-9/h3,6-7,9,12,16H,1-2,4-5,8H2. The number of hydrogen-bond acceptors (Lipinski definition) is 1. The molecule has 1 aromatic carbocycles. The highest BCUT2D eigenvalue weighted by Gasteiger charge is 2.23. The van der Waals surface area contributed by atoms with Crippen molar-refractivity contribution in [2.24, 2.45) is 5.92 Å². The fourth-order valence-corrected chi connectivity index (χ4v) is 2.51. The van der Waals surface area contributed by atoms with Gasteiger partial charge in [-0.15, -0.1) is 0 Å². The van der Waals surface area contributed by atoms with Crippen molar-refractivity contribution in [2.45, 2.75) is 38.2 Å². The zero-order chi connectivity index (χ0) is 11.5. The van der Waals surface area contributed by atoms with E-state index in [1.807, 2.05) is 0 Å². The number of hydrogen-bond donors (Lipinski definition) is 1. The summed E-state index contributed by atoms with van der Waals surface area (Å²) in [7, 11) is 0. The van der Waals surface area contributed by atoms with Gasteiger partial charge < -0.3 is 5.11 Å². The normalized spacial score (nSPS) is 18.9. The van der Waals surface area contributed by atoms with Crippen molar-refractivity contribution in [3.05, 3.63) is 35.4 Å². The summed E-state index contributed by atoms with van der Waals surface area (Å²) >= 11 is 0. The summed E-state index contributed by atoms with van der Waals surface area (Å²) in [4.78, 5) is 0. The molecule has 1 aliphatic rings. The van der Waals surface area contributed by atoms with Gasteiger partial charge in [0.2, 0.25) is 0 Å². The topological polar surface area (TPSA) is 20.2 Å². The monoisotopic (exact) mass is 226 g/mol. The molecule has 0 saturated heterocycles. The number of halogens is 2. The van der Waals surface area contributed by atoms with E-state index in [2.05, 4.69) is 0 Å². The van der Waals surface area contributed by atoms with E-state index in [0.717, 1.165) is 25.7 Å². The molecule has 88 valence electrons. The molecule has 1 nitrogen and oxygen atoms in total. The lowest BCUT2D eigenvalue weighted by atomic mass is 9.95. The van der Waals surface area contributed by atoms with Crippen LogP contribution in [0.3, 0.4) is 0 Å². The second-order valence-corrected chi connectivity index (χ2v) is 4.54. The lowest BCUT2D eigenvalue weighted by Gasteiger charge is -2.16. The van der Waals surface area contributed by atoms with Crippen molar-refractivity contribution >= 4 is 0 Å². The van der Waals surface area contributed by atoms with Gasteiger partial charge in [-0.1, -0.05) is 31.7 Å². The van der Waals surface area contributed by atoms with Gasteiger partial charge >= 0.3 is 0 Å². The van der Waals surface area contributed by atoms with Crippen LogP contribution in [-0.4, -0.2) is 5.11 Å². The van der Waals surface area contributed by atoms with E-state index >= 15 is 0 Å². The van der Waals surface area contributed by atoms with Gasteiger partial charge in [-0.25, -0.2) is 8.78 Å². The third kappa shape index (κ3) is 2.40. The highest BCUT2D eigenvalue weighted by atomic mass is 19.1. The Morgan fingerprint density at radius 1 is 1.19 bits per heavy atom. The van der Waals surface area contributed by atoms with Gasteiger partial charge in [0, 0.05) is 0 Å². The maximum atomic E-state index is 13.4. The fourth-order valence-electron chi connectivity index (χ4n) is 2.51. The Bertz CT molecular complexity index is 339. The summed E-state index contributed by atoms with van der Waals surface area (Å²) in [5.41, 5.74) is -0.172. The molecular formula is C13H16F2O.